The lowest BCUT2D eigenvalue weighted by Gasteiger charge is -2.70. The van der Waals surface area contributed by atoms with E-state index in [4.69, 9.17) is 0 Å². The Morgan fingerprint density at radius 1 is 0.871 bits per heavy atom. The van der Waals surface area contributed by atoms with Gasteiger partial charge in [0.05, 0.1) is 21.2 Å². The third-order valence-electron chi connectivity index (χ3n) is 6.45. The minimum atomic E-state index is -3.87. The summed E-state index contributed by atoms with van der Waals surface area (Å²) in [5.74, 6) is 0. The second-order valence-corrected chi connectivity index (χ2v) is 13.4. The number of nitrogens with zero attached hydrogens (tertiary/aromatic N) is 2. The number of benzene rings is 2. The van der Waals surface area contributed by atoms with Gasteiger partial charge in [-0.15, -0.1) is 0 Å². The SMILES string of the molecule is CN(CC12CC(C)(C1)C2)c1ccccc1NS(=O)(=O)c1ccc(S(=O)(=O)N(C)C)cc1. The first-order valence-electron chi connectivity index (χ1n) is 10.2. The van der Waals surface area contributed by atoms with Crippen LogP contribution < -0.4 is 9.62 Å². The van der Waals surface area contributed by atoms with Crippen LogP contribution in [0.4, 0.5) is 11.4 Å². The van der Waals surface area contributed by atoms with Gasteiger partial charge in [0.1, 0.15) is 0 Å². The molecule has 2 aromatic carbocycles. The summed E-state index contributed by atoms with van der Waals surface area (Å²) in [6.45, 7) is 3.23. The highest BCUT2D eigenvalue weighted by Crippen LogP contribution is 2.73. The van der Waals surface area contributed by atoms with Crippen LogP contribution in [-0.2, 0) is 20.0 Å². The van der Waals surface area contributed by atoms with Gasteiger partial charge in [-0.05, 0) is 66.5 Å². The highest BCUT2D eigenvalue weighted by Gasteiger charge is 2.64. The van der Waals surface area contributed by atoms with Gasteiger partial charge in [0.25, 0.3) is 10.0 Å². The van der Waals surface area contributed by atoms with E-state index < -0.39 is 20.0 Å². The van der Waals surface area contributed by atoms with Gasteiger partial charge in [0, 0.05) is 27.7 Å². The normalized spacial score (nSPS) is 24.9. The maximum Gasteiger partial charge on any atom is 0.261 e. The van der Waals surface area contributed by atoms with Crippen molar-refractivity contribution in [3.05, 3.63) is 48.5 Å². The van der Waals surface area contributed by atoms with E-state index in [0.29, 0.717) is 16.5 Å². The van der Waals surface area contributed by atoms with Crippen LogP contribution in [0.15, 0.2) is 58.3 Å². The molecule has 2 aromatic rings. The molecule has 3 aliphatic rings. The summed E-state index contributed by atoms with van der Waals surface area (Å²) in [4.78, 5) is 2.18. The van der Waals surface area contributed by atoms with E-state index in [2.05, 4.69) is 16.5 Å². The minimum Gasteiger partial charge on any atom is -0.372 e. The van der Waals surface area contributed by atoms with Gasteiger partial charge in [0.15, 0.2) is 0 Å². The van der Waals surface area contributed by atoms with Gasteiger partial charge in [-0.1, -0.05) is 19.1 Å². The van der Waals surface area contributed by atoms with Crippen LogP contribution in [0.3, 0.4) is 0 Å². The Labute approximate surface area is 185 Å². The Kier molecular flexibility index (Phi) is 5.14. The second kappa shape index (κ2) is 7.21. The van der Waals surface area contributed by atoms with Gasteiger partial charge in [-0.3, -0.25) is 4.72 Å². The van der Waals surface area contributed by atoms with Gasteiger partial charge < -0.3 is 4.90 Å². The lowest BCUT2D eigenvalue weighted by molar-refractivity contribution is -0.182. The topological polar surface area (TPSA) is 86.8 Å². The minimum absolute atomic E-state index is 0.00927. The van der Waals surface area contributed by atoms with Gasteiger partial charge in [0.2, 0.25) is 10.0 Å². The van der Waals surface area contributed by atoms with Crippen LogP contribution in [0, 0.1) is 10.8 Å². The maximum absolute atomic E-state index is 13.0. The zero-order valence-corrected chi connectivity index (χ0v) is 19.9. The first-order valence-corrected chi connectivity index (χ1v) is 13.1. The molecule has 1 N–H and O–H groups in total. The van der Waals surface area contributed by atoms with Crippen molar-refractivity contribution in [1.29, 1.82) is 0 Å². The molecule has 0 unspecified atom stereocenters. The fraction of sp³-hybridized carbons (Fsp3) is 0.455. The third-order valence-corrected chi connectivity index (χ3v) is 9.66. The molecule has 31 heavy (non-hydrogen) atoms. The largest absolute Gasteiger partial charge is 0.372 e. The number of para-hydroxylation sites is 2. The summed E-state index contributed by atoms with van der Waals surface area (Å²) in [5, 5.41) is 0. The Morgan fingerprint density at radius 3 is 1.97 bits per heavy atom. The van der Waals surface area contributed by atoms with Crippen LogP contribution in [-0.4, -0.2) is 48.8 Å². The van der Waals surface area contributed by atoms with Crippen molar-refractivity contribution in [2.24, 2.45) is 10.8 Å². The number of anilines is 2. The Bertz CT molecular complexity index is 1190. The van der Waals surface area contributed by atoms with Crippen LogP contribution in [0.1, 0.15) is 26.2 Å². The Morgan fingerprint density at radius 2 is 1.42 bits per heavy atom. The molecular weight excluding hydrogens is 434 g/mol. The molecule has 2 bridgehead atoms. The Balaban J connectivity index is 1.54. The molecule has 0 heterocycles. The first kappa shape index (κ1) is 22.1. The predicted octanol–water partition coefficient (Wildman–Crippen LogP) is 3.36. The summed E-state index contributed by atoms with van der Waals surface area (Å²) in [6, 6.07) is 12.6. The van der Waals surface area contributed by atoms with Crippen molar-refractivity contribution >= 4 is 31.4 Å². The molecule has 0 radical (unpaired) electrons. The lowest BCUT2D eigenvalue weighted by atomic mass is 9.36. The first-order chi connectivity index (χ1) is 14.4. The van der Waals surface area contributed by atoms with E-state index in [1.165, 1.54) is 57.6 Å². The van der Waals surface area contributed by atoms with E-state index in [-0.39, 0.29) is 9.79 Å². The molecular formula is C22H29N3O4S2. The number of nitrogens with one attached hydrogen (secondary N) is 1. The second-order valence-electron chi connectivity index (χ2n) is 9.58. The van der Waals surface area contributed by atoms with Crippen molar-refractivity contribution in [3.63, 3.8) is 0 Å². The standard InChI is InChI=1S/C22H29N3O4S2/c1-21-13-22(14-21,15-21)16-25(4)20-8-6-5-7-19(20)23-30(26,27)17-9-11-18(12-10-17)31(28,29)24(2)3/h5-12,23H,13-16H2,1-4H3. The molecule has 0 saturated heterocycles. The molecule has 9 heteroatoms. The van der Waals surface area contributed by atoms with Crippen molar-refractivity contribution in [1.82, 2.24) is 4.31 Å². The van der Waals surface area contributed by atoms with Crippen LogP contribution in [0.25, 0.3) is 0 Å². The van der Waals surface area contributed by atoms with E-state index in [1.54, 1.807) is 12.1 Å². The van der Waals surface area contributed by atoms with Crippen molar-refractivity contribution in [3.8, 4) is 0 Å². The van der Waals surface area contributed by atoms with Crippen LogP contribution in [0.2, 0.25) is 0 Å². The molecule has 168 valence electrons. The third kappa shape index (κ3) is 3.94. The number of hydrogen-bond acceptors (Lipinski definition) is 5. The molecule has 3 saturated carbocycles. The zero-order valence-electron chi connectivity index (χ0n) is 18.3. The average molecular weight is 464 g/mol. The fourth-order valence-electron chi connectivity index (χ4n) is 5.41. The van der Waals surface area contributed by atoms with Crippen molar-refractivity contribution < 1.29 is 16.8 Å². The summed E-state index contributed by atoms with van der Waals surface area (Å²) in [5.41, 5.74) is 2.22. The zero-order chi connectivity index (χ0) is 22.7. The highest BCUT2D eigenvalue weighted by atomic mass is 32.2. The van der Waals surface area contributed by atoms with E-state index in [9.17, 15) is 16.8 Å². The van der Waals surface area contributed by atoms with E-state index in [1.807, 2.05) is 19.2 Å². The number of sulfonamides is 2. The quantitative estimate of drug-likeness (QED) is 0.649. The molecule has 0 amide bonds. The highest BCUT2D eigenvalue weighted by molar-refractivity contribution is 7.92. The average Bonchev–Trinajstić information content (AvgIpc) is 2.66. The fourth-order valence-corrected chi connectivity index (χ4v) is 7.39. The van der Waals surface area contributed by atoms with Crippen molar-refractivity contribution in [2.75, 3.05) is 37.3 Å². The number of hydrogen-bond donors (Lipinski definition) is 1. The van der Waals surface area contributed by atoms with Crippen molar-refractivity contribution in [2.45, 2.75) is 36.0 Å². The molecule has 5 rings (SSSR count). The predicted molar refractivity (Wildman–Crippen MR) is 122 cm³/mol. The van der Waals surface area contributed by atoms with Gasteiger partial charge in [-0.2, -0.15) is 0 Å². The van der Waals surface area contributed by atoms with E-state index in [0.717, 1.165) is 16.5 Å². The molecule has 7 nitrogen and oxygen atoms in total. The maximum atomic E-state index is 13.0. The molecule has 3 fully saturated rings. The van der Waals surface area contributed by atoms with Crippen LogP contribution >= 0.6 is 0 Å². The van der Waals surface area contributed by atoms with Gasteiger partial charge >= 0.3 is 0 Å². The molecule has 0 spiro atoms. The summed E-state index contributed by atoms with van der Waals surface area (Å²) < 4.78 is 54.2. The molecule has 0 aromatic heterocycles. The molecule has 0 atom stereocenters. The number of rotatable bonds is 8. The van der Waals surface area contributed by atoms with Crippen LogP contribution in [0.5, 0.6) is 0 Å². The monoisotopic (exact) mass is 463 g/mol. The summed E-state index contributed by atoms with van der Waals surface area (Å²) >= 11 is 0. The Hall–Kier alpha value is -2.10. The summed E-state index contributed by atoms with van der Waals surface area (Å²) in [6.07, 6.45) is 3.71. The molecule has 0 aliphatic heterocycles. The van der Waals surface area contributed by atoms with Gasteiger partial charge in [-0.25, -0.2) is 21.1 Å². The van der Waals surface area contributed by atoms with E-state index >= 15 is 0 Å². The lowest BCUT2D eigenvalue weighted by Crippen LogP contribution is -2.63. The summed E-state index contributed by atoms with van der Waals surface area (Å²) in [7, 11) is -2.63. The smallest absolute Gasteiger partial charge is 0.261 e. The molecule has 3 aliphatic carbocycles.